The summed E-state index contributed by atoms with van der Waals surface area (Å²) in [5.41, 5.74) is 0.601. The number of carboxylic acid groups (broad SMARTS) is 1. The number of carboxylic acids is 1. The molecule has 3 aromatic rings. The van der Waals surface area contributed by atoms with E-state index in [0.717, 1.165) is 12.8 Å². The molecule has 2 aromatic carbocycles. The molecule has 0 saturated heterocycles. The number of benzene rings is 2. The standard InChI is InChI=1S/C25H27ClFN5O5/c26-22-18(30-25(37)24-17-3-1-2-4-19(17)32(31-24)13-21(35)36)10-5-14(23(22)27)11-29-20(34)12-28-15-6-8-16(33)9-7-15/h1-5,10,15-16,28,33H,6-9,11-13H2,(H,29,34)(H,30,37)(H,35,36)/t15-,16-. The van der Waals surface area contributed by atoms with Gasteiger partial charge in [-0.25, -0.2) is 4.39 Å². The van der Waals surface area contributed by atoms with E-state index >= 15 is 0 Å². The summed E-state index contributed by atoms with van der Waals surface area (Å²) in [6, 6.07) is 9.67. The molecule has 1 heterocycles. The van der Waals surface area contributed by atoms with Gasteiger partial charge in [-0.3, -0.25) is 19.1 Å². The van der Waals surface area contributed by atoms with Crippen LogP contribution in [0.3, 0.4) is 0 Å². The third-order valence-electron chi connectivity index (χ3n) is 6.29. The van der Waals surface area contributed by atoms with Gasteiger partial charge in [0.25, 0.3) is 5.91 Å². The van der Waals surface area contributed by atoms with E-state index < -0.39 is 24.2 Å². The first kappa shape index (κ1) is 26.5. The van der Waals surface area contributed by atoms with Crippen LogP contribution in [0.25, 0.3) is 10.9 Å². The third kappa shape index (κ3) is 6.43. The molecule has 4 rings (SSSR count). The predicted molar refractivity (Wildman–Crippen MR) is 135 cm³/mol. The lowest BCUT2D eigenvalue weighted by atomic mass is 9.93. The van der Waals surface area contributed by atoms with E-state index in [-0.39, 0.29) is 53.1 Å². The number of aliphatic hydroxyl groups is 1. The highest BCUT2D eigenvalue weighted by Crippen LogP contribution is 2.29. The summed E-state index contributed by atoms with van der Waals surface area (Å²) in [6.45, 7) is -0.441. The van der Waals surface area contributed by atoms with Gasteiger partial charge in [-0.05, 0) is 37.8 Å². The third-order valence-corrected chi connectivity index (χ3v) is 6.66. The number of aliphatic carboxylic acids is 1. The van der Waals surface area contributed by atoms with E-state index in [0.29, 0.717) is 23.7 Å². The molecular weight excluding hydrogens is 505 g/mol. The van der Waals surface area contributed by atoms with Gasteiger partial charge in [0.05, 0.1) is 23.9 Å². The first-order chi connectivity index (χ1) is 17.7. The lowest BCUT2D eigenvalue weighted by Gasteiger charge is -2.26. The largest absolute Gasteiger partial charge is 0.480 e. The Morgan fingerprint density at radius 3 is 2.57 bits per heavy atom. The normalized spacial score (nSPS) is 17.5. The average Bonchev–Trinajstić information content (AvgIpc) is 3.24. The number of hydrogen-bond donors (Lipinski definition) is 5. The van der Waals surface area contributed by atoms with Gasteiger partial charge in [0.2, 0.25) is 5.91 Å². The van der Waals surface area contributed by atoms with Crippen molar-refractivity contribution in [3.63, 3.8) is 0 Å². The number of anilines is 1. The van der Waals surface area contributed by atoms with Crippen LogP contribution in [0.15, 0.2) is 36.4 Å². The van der Waals surface area contributed by atoms with E-state index in [1.165, 1.54) is 16.8 Å². The quantitative estimate of drug-likeness (QED) is 0.285. The maximum Gasteiger partial charge on any atom is 0.325 e. The number of aliphatic hydroxyl groups excluding tert-OH is 1. The minimum absolute atomic E-state index is 0.0114. The van der Waals surface area contributed by atoms with Crippen LogP contribution in [0, 0.1) is 5.82 Å². The second-order valence-corrected chi connectivity index (χ2v) is 9.31. The topological polar surface area (TPSA) is 146 Å². The monoisotopic (exact) mass is 531 g/mol. The Kier molecular flexibility index (Phi) is 8.37. The Balaban J connectivity index is 1.38. The first-order valence-electron chi connectivity index (χ1n) is 11.9. The molecule has 1 fully saturated rings. The predicted octanol–water partition coefficient (Wildman–Crippen LogP) is 2.67. The summed E-state index contributed by atoms with van der Waals surface area (Å²) in [6.07, 6.45) is 2.71. The fourth-order valence-corrected chi connectivity index (χ4v) is 4.55. The summed E-state index contributed by atoms with van der Waals surface area (Å²) < 4.78 is 16.1. The number of hydrogen-bond acceptors (Lipinski definition) is 6. The van der Waals surface area contributed by atoms with E-state index in [2.05, 4.69) is 21.0 Å². The molecule has 37 heavy (non-hydrogen) atoms. The number of nitrogens with one attached hydrogen (secondary N) is 3. The molecule has 0 aliphatic heterocycles. The molecule has 0 unspecified atom stereocenters. The summed E-state index contributed by atoms with van der Waals surface area (Å²) in [5.74, 6) is -2.88. The van der Waals surface area contributed by atoms with Crippen molar-refractivity contribution in [2.75, 3.05) is 11.9 Å². The highest BCUT2D eigenvalue weighted by molar-refractivity contribution is 6.34. The summed E-state index contributed by atoms with van der Waals surface area (Å²) in [4.78, 5) is 36.3. The van der Waals surface area contributed by atoms with Gasteiger partial charge in [0, 0.05) is 23.5 Å². The lowest BCUT2D eigenvalue weighted by molar-refractivity contribution is -0.137. The fraction of sp³-hybridized carbons (Fsp3) is 0.360. The van der Waals surface area contributed by atoms with Crippen molar-refractivity contribution in [1.29, 1.82) is 0 Å². The van der Waals surface area contributed by atoms with E-state index in [9.17, 15) is 23.9 Å². The fourth-order valence-electron chi connectivity index (χ4n) is 4.32. The maximum atomic E-state index is 14.9. The molecule has 2 amide bonds. The Labute approximate surface area is 216 Å². The summed E-state index contributed by atoms with van der Waals surface area (Å²) in [5, 5.41) is 31.2. The number of rotatable bonds is 9. The second kappa shape index (κ2) is 11.7. The van der Waals surface area contributed by atoms with Crippen LogP contribution in [-0.2, 0) is 22.7 Å². The molecule has 5 N–H and O–H groups in total. The maximum absolute atomic E-state index is 14.9. The molecule has 0 bridgehead atoms. The smallest absolute Gasteiger partial charge is 0.325 e. The Bertz CT molecular complexity index is 1320. The van der Waals surface area contributed by atoms with Crippen molar-refractivity contribution in [1.82, 2.24) is 20.4 Å². The minimum Gasteiger partial charge on any atom is -0.480 e. The highest BCUT2D eigenvalue weighted by atomic mass is 35.5. The van der Waals surface area contributed by atoms with Crippen molar-refractivity contribution >= 4 is 46.0 Å². The number of fused-ring (bicyclic) bond motifs is 1. The second-order valence-electron chi connectivity index (χ2n) is 8.93. The molecule has 1 aliphatic rings. The first-order valence-corrected chi connectivity index (χ1v) is 12.2. The van der Waals surface area contributed by atoms with Gasteiger partial charge in [-0.2, -0.15) is 5.10 Å². The van der Waals surface area contributed by atoms with Crippen LogP contribution >= 0.6 is 11.6 Å². The molecule has 0 atom stereocenters. The Hall–Kier alpha value is -3.54. The van der Waals surface area contributed by atoms with E-state index in [1.54, 1.807) is 24.3 Å². The molecule has 1 aliphatic carbocycles. The van der Waals surface area contributed by atoms with Crippen molar-refractivity contribution in [2.24, 2.45) is 0 Å². The number of carbonyl (C=O) groups is 3. The van der Waals surface area contributed by atoms with Gasteiger partial charge >= 0.3 is 5.97 Å². The highest BCUT2D eigenvalue weighted by Gasteiger charge is 2.22. The molecule has 196 valence electrons. The zero-order valence-corrected chi connectivity index (χ0v) is 20.6. The average molecular weight is 532 g/mol. The molecule has 0 spiro atoms. The van der Waals surface area contributed by atoms with Crippen LogP contribution in [0.5, 0.6) is 0 Å². The SMILES string of the molecule is O=C(O)Cn1nc(C(=O)Nc2ccc(CNC(=O)CN[C@H]3CC[C@H](O)CC3)c(F)c2Cl)c2ccccc21. The van der Waals surface area contributed by atoms with Crippen molar-refractivity contribution in [3.8, 4) is 0 Å². The summed E-state index contributed by atoms with van der Waals surface area (Å²) in [7, 11) is 0. The van der Waals surface area contributed by atoms with Crippen LogP contribution in [0.2, 0.25) is 5.02 Å². The van der Waals surface area contributed by atoms with Gasteiger partial charge < -0.3 is 26.2 Å². The zero-order valence-electron chi connectivity index (χ0n) is 19.8. The minimum atomic E-state index is -1.11. The zero-order chi connectivity index (χ0) is 26.5. The van der Waals surface area contributed by atoms with Crippen molar-refractivity contribution < 1.29 is 29.0 Å². The van der Waals surface area contributed by atoms with Gasteiger partial charge in [-0.15, -0.1) is 0 Å². The van der Waals surface area contributed by atoms with E-state index in [4.69, 9.17) is 16.7 Å². The van der Waals surface area contributed by atoms with Crippen LogP contribution in [0.4, 0.5) is 10.1 Å². The molecule has 1 aromatic heterocycles. The van der Waals surface area contributed by atoms with Gasteiger partial charge in [-0.1, -0.05) is 35.9 Å². The number of halogens is 2. The van der Waals surface area contributed by atoms with Crippen LogP contribution < -0.4 is 16.0 Å². The summed E-state index contributed by atoms with van der Waals surface area (Å²) >= 11 is 6.17. The number of carbonyl (C=O) groups excluding carboxylic acids is 2. The lowest BCUT2D eigenvalue weighted by Crippen LogP contribution is -2.41. The number of amides is 2. The molecule has 0 radical (unpaired) electrons. The van der Waals surface area contributed by atoms with Crippen molar-refractivity contribution in [3.05, 3.63) is 58.5 Å². The van der Waals surface area contributed by atoms with Crippen molar-refractivity contribution in [2.45, 2.75) is 50.9 Å². The van der Waals surface area contributed by atoms with Gasteiger partial charge in [0.1, 0.15) is 17.4 Å². The Morgan fingerprint density at radius 1 is 1.11 bits per heavy atom. The number of nitrogens with zero attached hydrogens (tertiary/aromatic N) is 2. The van der Waals surface area contributed by atoms with Crippen LogP contribution in [-0.4, -0.2) is 56.5 Å². The van der Waals surface area contributed by atoms with E-state index in [1.807, 2.05) is 0 Å². The molecule has 10 nitrogen and oxygen atoms in total. The molecule has 1 saturated carbocycles. The molecular formula is C25H27ClFN5O5. The van der Waals surface area contributed by atoms with Gasteiger partial charge in [0.15, 0.2) is 5.69 Å². The van der Waals surface area contributed by atoms with Crippen LogP contribution in [0.1, 0.15) is 41.7 Å². The molecule has 12 heteroatoms. The number of para-hydroxylation sites is 1. The number of aromatic nitrogens is 2. The Morgan fingerprint density at radius 2 is 1.84 bits per heavy atom.